The van der Waals surface area contributed by atoms with Crippen molar-refractivity contribution < 1.29 is 14.3 Å². The number of nitrogens with zero attached hydrogens (tertiary/aromatic N) is 4. The molecule has 4 rings (SSSR count). The van der Waals surface area contributed by atoms with Crippen molar-refractivity contribution in [3.05, 3.63) is 71.7 Å². The lowest BCUT2D eigenvalue weighted by molar-refractivity contribution is 0.0584. The summed E-state index contributed by atoms with van der Waals surface area (Å²) in [5, 5.41) is 4.53. The average Bonchev–Trinajstić information content (AvgIpc) is 3.14. The van der Waals surface area contributed by atoms with Crippen LogP contribution >= 0.6 is 0 Å². The number of ether oxygens (including phenoxy) is 2. The zero-order chi connectivity index (χ0) is 19.5. The molecule has 28 heavy (non-hydrogen) atoms. The first-order chi connectivity index (χ1) is 13.6. The Morgan fingerprint density at radius 1 is 1.18 bits per heavy atom. The van der Waals surface area contributed by atoms with Gasteiger partial charge in [0.2, 0.25) is 5.88 Å². The number of rotatable bonds is 6. The predicted octanol–water partition coefficient (Wildman–Crippen LogP) is 2.91. The standard InChI is InChI=1S/C21H22N4O3/c1-15-12-25-19(11-17(23-25)14-28-20-5-3-4-10-22-20)21(26)24(15)13-16-6-8-18(27-2)9-7-16/h3-11,15H,12-14H2,1-2H3/t15-/m1/s1. The van der Waals surface area contributed by atoms with Gasteiger partial charge < -0.3 is 14.4 Å². The Hall–Kier alpha value is -3.35. The summed E-state index contributed by atoms with van der Waals surface area (Å²) in [4.78, 5) is 19.0. The number of benzene rings is 1. The van der Waals surface area contributed by atoms with Gasteiger partial charge in [0.1, 0.15) is 23.7 Å². The largest absolute Gasteiger partial charge is 0.497 e. The van der Waals surface area contributed by atoms with E-state index in [9.17, 15) is 4.79 Å². The Morgan fingerprint density at radius 3 is 2.71 bits per heavy atom. The van der Waals surface area contributed by atoms with E-state index in [0.29, 0.717) is 30.4 Å². The third kappa shape index (κ3) is 3.69. The Balaban J connectivity index is 1.47. The van der Waals surface area contributed by atoms with Crippen molar-refractivity contribution in [1.29, 1.82) is 0 Å². The minimum Gasteiger partial charge on any atom is -0.497 e. The summed E-state index contributed by atoms with van der Waals surface area (Å²) in [5.74, 6) is 1.32. The van der Waals surface area contributed by atoms with E-state index in [4.69, 9.17) is 9.47 Å². The lowest BCUT2D eigenvalue weighted by atomic mass is 10.1. The van der Waals surface area contributed by atoms with Gasteiger partial charge in [0, 0.05) is 24.8 Å². The number of aromatic nitrogens is 3. The van der Waals surface area contributed by atoms with E-state index in [1.165, 1.54) is 0 Å². The number of hydrogen-bond acceptors (Lipinski definition) is 5. The summed E-state index contributed by atoms with van der Waals surface area (Å²) < 4.78 is 12.6. The number of carbonyl (C=O) groups excluding carboxylic acids is 1. The molecule has 0 unspecified atom stereocenters. The van der Waals surface area contributed by atoms with E-state index in [2.05, 4.69) is 10.1 Å². The van der Waals surface area contributed by atoms with Crippen molar-refractivity contribution in [3.63, 3.8) is 0 Å². The van der Waals surface area contributed by atoms with Crippen LogP contribution in [-0.2, 0) is 19.7 Å². The molecule has 1 amide bonds. The van der Waals surface area contributed by atoms with Crippen LogP contribution in [0.25, 0.3) is 0 Å². The molecule has 0 N–H and O–H groups in total. The minimum atomic E-state index is -0.0221. The van der Waals surface area contributed by atoms with Gasteiger partial charge in [-0.15, -0.1) is 0 Å². The summed E-state index contributed by atoms with van der Waals surface area (Å²) in [7, 11) is 1.64. The number of fused-ring (bicyclic) bond motifs is 1. The Kier molecular flexibility index (Phi) is 4.97. The van der Waals surface area contributed by atoms with Gasteiger partial charge in [0.25, 0.3) is 5.91 Å². The van der Waals surface area contributed by atoms with Crippen LogP contribution in [0.15, 0.2) is 54.7 Å². The number of hydrogen-bond donors (Lipinski definition) is 0. The second-order valence-electron chi connectivity index (χ2n) is 6.79. The number of amides is 1. The molecular formula is C21H22N4O3. The maximum absolute atomic E-state index is 13.0. The van der Waals surface area contributed by atoms with Gasteiger partial charge in [0.15, 0.2) is 0 Å². The molecule has 0 spiro atoms. The van der Waals surface area contributed by atoms with Gasteiger partial charge in [-0.25, -0.2) is 4.98 Å². The summed E-state index contributed by atoms with van der Waals surface area (Å²) >= 11 is 0. The molecule has 0 aliphatic carbocycles. The Labute approximate surface area is 163 Å². The van der Waals surface area contributed by atoms with E-state index in [1.807, 2.05) is 48.2 Å². The zero-order valence-corrected chi connectivity index (χ0v) is 15.9. The molecule has 144 valence electrons. The van der Waals surface area contributed by atoms with Gasteiger partial charge >= 0.3 is 0 Å². The van der Waals surface area contributed by atoms with Crippen molar-refractivity contribution >= 4 is 5.91 Å². The molecule has 2 aromatic heterocycles. The summed E-state index contributed by atoms with van der Waals surface area (Å²) in [5.41, 5.74) is 2.37. The van der Waals surface area contributed by atoms with Crippen LogP contribution in [0, 0.1) is 0 Å². The molecule has 0 saturated carbocycles. The molecule has 3 aromatic rings. The smallest absolute Gasteiger partial charge is 0.272 e. The van der Waals surface area contributed by atoms with Crippen molar-refractivity contribution in [3.8, 4) is 11.6 Å². The van der Waals surface area contributed by atoms with Crippen LogP contribution in [0.4, 0.5) is 0 Å². The van der Waals surface area contributed by atoms with Crippen molar-refractivity contribution in [2.24, 2.45) is 0 Å². The SMILES string of the molecule is COc1ccc(CN2C(=O)c3cc(COc4ccccn4)nn3C[C@H]2C)cc1. The second-order valence-corrected chi connectivity index (χ2v) is 6.79. The first-order valence-electron chi connectivity index (χ1n) is 9.18. The van der Waals surface area contributed by atoms with Gasteiger partial charge in [-0.05, 0) is 36.8 Å². The predicted molar refractivity (Wildman–Crippen MR) is 103 cm³/mol. The topological polar surface area (TPSA) is 69.5 Å². The molecule has 0 fully saturated rings. The lowest BCUT2D eigenvalue weighted by Gasteiger charge is -2.33. The van der Waals surface area contributed by atoms with E-state index < -0.39 is 0 Å². The summed E-state index contributed by atoms with van der Waals surface area (Å²) in [6, 6.07) is 15.1. The molecule has 0 radical (unpaired) electrons. The molecule has 7 heteroatoms. The Bertz CT molecular complexity index is 954. The lowest BCUT2D eigenvalue weighted by Crippen LogP contribution is -2.46. The monoisotopic (exact) mass is 378 g/mol. The molecule has 1 aliphatic heterocycles. The van der Waals surface area contributed by atoms with Crippen molar-refractivity contribution in [1.82, 2.24) is 19.7 Å². The van der Waals surface area contributed by atoms with Gasteiger partial charge in [0.05, 0.1) is 13.7 Å². The molecule has 3 heterocycles. The quantitative estimate of drug-likeness (QED) is 0.660. The number of carbonyl (C=O) groups is 1. The fraction of sp³-hybridized carbons (Fsp3) is 0.286. The fourth-order valence-corrected chi connectivity index (χ4v) is 3.28. The molecule has 1 atom stereocenters. The first kappa shape index (κ1) is 18.0. The second kappa shape index (κ2) is 7.72. The maximum atomic E-state index is 13.0. The van der Waals surface area contributed by atoms with Crippen molar-refractivity contribution in [2.75, 3.05) is 7.11 Å². The van der Waals surface area contributed by atoms with Crippen LogP contribution in [0.3, 0.4) is 0 Å². The number of pyridine rings is 1. The molecule has 1 aromatic carbocycles. The first-order valence-corrected chi connectivity index (χ1v) is 9.18. The van der Waals surface area contributed by atoms with E-state index in [-0.39, 0.29) is 18.6 Å². The minimum absolute atomic E-state index is 0.0221. The Morgan fingerprint density at radius 2 is 2.00 bits per heavy atom. The van der Waals surface area contributed by atoms with Gasteiger partial charge in [-0.1, -0.05) is 18.2 Å². The highest BCUT2D eigenvalue weighted by Crippen LogP contribution is 2.22. The zero-order valence-electron chi connectivity index (χ0n) is 15.9. The summed E-state index contributed by atoms with van der Waals surface area (Å²) in [6.07, 6.45) is 1.68. The van der Waals surface area contributed by atoms with E-state index >= 15 is 0 Å². The van der Waals surface area contributed by atoms with Crippen LogP contribution in [0.2, 0.25) is 0 Å². The highest BCUT2D eigenvalue weighted by Gasteiger charge is 2.31. The van der Waals surface area contributed by atoms with Crippen LogP contribution in [0.5, 0.6) is 11.6 Å². The highest BCUT2D eigenvalue weighted by molar-refractivity contribution is 5.93. The van der Waals surface area contributed by atoms with Crippen LogP contribution in [-0.4, -0.2) is 38.7 Å². The third-order valence-electron chi connectivity index (χ3n) is 4.80. The van der Waals surface area contributed by atoms with Crippen molar-refractivity contribution in [2.45, 2.75) is 32.7 Å². The van der Waals surface area contributed by atoms with Crippen LogP contribution < -0.4 is 9.47 Å². The molecular weight excluding hydrogens is 356 g/mol. The molecule has 0 bridgehead atoms. The van der Waals surface area contributed by atoms with Gasteiger partial charge in [-0.3, -0.25) is 9.48 Å². The fourth-order valence-electron chi connectivity index (χ4n) is 3.28. The highest BCUT2D eigenvalue weighted by atomic mass is 16.5. The molecule has 0 saturated heterocycles. The van der Waals surface area contributed by atoms with E-state index in [1.54, 1.807) is 30.1 Å². The van der Waals surface area contributed by atoms with E-state index in [0.717, 1.165) is 11.3 Å². The third-order valence-corrected chi connectivity index (χ3v) is 4.80. The molecule has 1 aliphatic rings. The van der Waals surface area contributed by atoms with Gasteiger partial charge in [-0.2, -0.15) is 5.10 Å². The normalized spacial score (nSPS) is 16.0. The van der Waals surface area contributed by atoms with Crippen LogP contribution in [0.1, 0.15) is 28.7 Å². The maximum Gasteiger partial charge on any atom is 0.272 e. The number of methoxy groups -OCH3 is 1. The average molecular weight is 378 g/mol. The summed E-state index contributed by atoms with van der Waals surface area (Å²) in [6.45, 7) is 3.52. The molecule has 7 nitrogen and oxygen atoms in total.